The average Bonchev–Trinajstić information content (AvgIpc) is 3.18. The fourth-order valence-electron chi connectivity index (χ4n) is 3.49. The topological polar surface area (TPSA) is 97.6 Å². The largest absolute Gasteiger partial charge is 0.495 e. The highest BCUT2D eigenvalue weighted by Crippen LogP contribution is 2.39. The maximum atomic E-state index is 13.3. The van der Waals surface area contributed by atoms with Crippen molar-refractivity contribution in [1.29, 1.82) is 0 Å². The van der Waals surface area contributed by atoms with Crippen molar-refractivity contribution in [3.63, 3.8) is 0 Å². The van der Waals surface area contributed by atoms with Crippen LogP contribution in [0.5, 0.6) is 23.0 Å². The van der Waals surface area contributed by atoms with Crippen LogP contribution in [0.1, 0.15) is 38.1 Å². The number of para-hydroxylation sites is 1. The van der Waals surface area contributed by atoms with E-state index < -0.39 is 11.9 Å². The van der Waals surface area contributed by atoms with Crippen molar-refractivity contribution in [2.45, 2.75) is 34.2 Å². The molecule has 1 amide bonds. The normalized spacial score (nSPS) is 11.4. The number of carbonyl (C=O) groups is 2. The van der Waals surface area contributed by atoms with Crippen LogP contribution in [0.15, 0.2) is 35.3 Å². The van der Waals surface area contributed by atoms with E-state index in [4.69, 9.17) is 23.7 Å². The number of rotatable bonds is 11. The van der Waals surface area contributed by atoms with Gasteiger partial charge in [-0.3, -0.25) is 9.59 Å². The minimum absolute atomic E-state index is 0.113. The van der Waals surface area contributed by atoms with Gasteiger partial charge >= 0.3 is 5.97 Å². The van der Waals surface area contributed by atoms with Gasteiger partial charge < -0.3 is 28.3 Å². The lowest BCUT2D eigenvalue weighted by molar-refractivity contribution is -0.143. The van der Waals surface area contributed by atoms with Gasteiger partial charge in [0.1, 0.15) is 17.8 Å². The summed E-state index contributed by atoms with van der Waals surface area (Å²) in [5, 5.41) is 0. The van der Waals surface area contributed by atoms with Crippen LogP contribution in [0.2, 0.25) is 0 Å². The molecule has 0 aliphatic heterocycles. The van der Waals surface area contributed by atoms with E-state index in [9.17, 15) is 9.59 Å². The fraction of sp³-hybridized carbons (Fsp3) is 0.400. The molecule has 0 fully saturated rings. The third kappa shape index (κ3) is 5.94. The van der Waals surface area contributed by atoms with Gasteiger partial charge in [0.05, 0.1) is 38.2 Å². The number of hydrogen-bond donors (Lipinski definition) is 0. The Morgan fingerprint density at radius 1 is 0.914 bits per heavy atom. The van der Waals surface area contributed by atoms with Crippen LogP contribution in [-0.2, 0) is 16.1 Å². The summed E-state index contributed by atoms with van der Waals surface area (Å²) in [6, 6.07) is 8.69. The Morgan fingerprint density at radius 2 is 1.57 bits per heavy atom. The summed E-state index contributed by atoms with van der Waals surface area (Å²) in [7, 11) is 1.55. The first kappa shape index (κ1) is 26.1. The third-order valence-electron chi connectivity index (χ3n) is 4.83. The summed E-state index contributed by atoms with van der Waals surface area (Å²) in [6.07, 6.45) is 0. The zero-order valence-corrected chi connectivity index (χ0v) is 21.4. The van der Waals surface area contributed by atoms with Gasteiger partial charge in [0.25, 0.3) is 5.91 Å². The molecule has 0 unspecified atom stereocenters. The first-order chi connectivity index (χ1) is 17.0. The molecule has 0 atom stereocenters. The number of benzene rings is 2. The number of amides is 1. The highest BCUT2D eigenvalue weighted by atomic mass is 32.1. The van der Waals surface area contributed by atoms with Crippen molar-refractivity contribution in [2.24, 2.45) is 4.99 Å². The van der Waals surface area contributed by atoms with E-state index in [2.05, 4.69) is 4.99 Å². The first-order valence-electron chi connectivity index (χ1n) is 11.4. The molecule has 9 nitrogen and oxygen atoms in total. The quantitative estimate of drug-likeness (QED) is 0.362. The van der Waals surface area contributed by atoms with Crippen molar-refractivity contribution in [1.82, 2.24) is 4.57 Å². The molecule has 35 heavy (non-hydrogen) atoms. The Kier molecular flexibility index (Phi) is 9.13. The predicted octanol–water partition coefficient (Wildman–Crippen LogP) is 4.21. The lowest BCUT2D eigenvalue weighted by Crippen LogP contribution is -2.23. The van der Waals surface area contributed by atoms with Crippen LogP contribution in [0.25, 0.3) is 10.2 Å². The molecule has 1 aromatic heterocycles. The summed E-state index contributed by atoms with van der Waals surface area (Å²) in [4.78, 5) is 30.4. The zero-order chi connectivity index (χ0) is 25.4. The first-order valence-corrected chi connectivity index (χ1v) is 12.3. The summed E-state index contributed by atoms with van der Waals surface area (Å²) in [6.45, 7) is 8.60. The van der Waals surface area contributed by atoms with E-state index in [1.54, 1.807) is 36.8 Å². The second kappa shape index (κ2) is 12.3. The summed E-state index contributed by atoms with van der Waals surface area (Å²) in [5.41, 5.74) is 0.934. The zero-order valence-electron chi connectivity index (χ0n) is 20.6. The van der Waals surface area contributed by atoms with Gasteiger partial charge in [-0.1, -0.05) is 17.4 Å². The molecule has 3 aromatic rings. The van der Waals surface area contributed by atoms with Gasteiger partial charge in [-0.05, 0) is 52.0 Å². The molecule has 2 aromatic carbocycles. The molecule has 0 N–H and O–H groups in total. The minimum Gasteiger partial charge on any atom is -0.495 e. The smallest absolute Gasteiger partial charge is 0.326 e. The second-order valence-electron chi connectivity index (χ2n) is 7.10. The molecule has 0 saturated carbocycles. The number of hydrogen-bond acceptors (Lipinski definition) is 8. The van der Waals surface area contributed by atoms with Gasteiger partial charge in [-0.15, -0.1) is 0 Å². The fourth-order valence-corrected chi connectivity index (χ4v) is 4.54. The Balaban J connectivity index is 2.17. The molecule has 0 aliphatic rings. The van der Waals surface area contributed by atoms with E-state index in [0.29, 0.717) is 53.1 Å². The minimum atomic E-state index is -0.516. The van der Waals surface area contributed by atoms with Gasteiger partial charge in [0, 0.05) is 5.56 Å². The highest BCUT2D eigenvalue weighted by Gasteiger charge is 2.20. The lowest BCUT2D eigenvalue weighted by Gasteiger charge is -2.16. The van der Waals surface area contributed by atoms with Crippen LogP contribution in [0.3, 0.4) is 0 Å². The third-order valence-corrected chi connectivity index (χ3v) is 5.87. The number of aromatic nitrogens is 1. The Hall–Kier alpha value is -3.53. The van der Waals surface area contributed by atoms with Crippen LogP contribution >= 0.6 is 11.3 Å². The molecular formula is C25H30N2O7S. The van der Waals surface area contributed by atoms with Gasteiger partial charge in [0.2, 0.25) is 5.75 Å². The van der Waals surface area contributed by atoms with Crippen LogP contribution in [0, 0.1) is 0 Å². The molecule has 0 saturated heterocycles. The van der Waals surface area contributed by atoms with Crippen molar-refractivity contribution in [3.05, 3.63) is 40.7 Å². The predicted molar refractivity (Wildman–Crippen MR) is 133 cm³/mol. The number of fused-ring (bicyclic) bond motifs is 1. The monoisotopic (exact) mass is 502 g/mol. The molecule has 0 radical (unpaired) electrons. The summed E-state index contributed by atoms with van der Waals surface area (Å²) in [5.74, 6) is 0.850. The summed E-state index contributed by atoms with van der Waals surface area (Å²) >= 11 is 1.28. The van der Waals surface area contributed by atoms with Crippen LogP contribution in [-0.4, -0.2) is 50.0 Å². The number of esters is 1. The molecule has 10 heteroatoms. The van der Waals surface area contributed by atoms with E-state index in [-0.39, 0.29) is 18.7 Å². The SMILES string of the molecule is CCOC(=O)Cn1c(=NC(=O)c2cc(OCC)c(OCC)c(OCC)c2)sc2cccc(OC)c21. The summed E-state index contributed by atoms with van der Waals surface area (Å²) < 4.78 is 30.2. The molecule has 1 heterocycles. The van der Waals surface area contributed by atoms with Crippen molar-refractivity contribution in [2.75, 3.05) is 33.5 Å². The van der Waals surface area contributed by atoms with E-state index >= 15 is 0 Å². The number of methoxy groups -OCH3 is 1. The molecule has 0 aliphatic carbocycles. The Labute approximate surface area is 207 Å². The van der Waals surface area contributed by atoms with Gasteiger partial charge in [-0.25, -0.2) is 0 Å². The van der Waals surface area contributed by atoms with Crippen LogP contribution < -0.4 is 23.7 Å². The van der Waals surface area contributed by atoms with E-state index in [1.807, 2.05) is 32.9 Å². The number of thiazole rings is 1. The van der Waals surface area contributed by atoms with Crippen molar-refractivity contribution >= 4 is 33.4 Å². The molecular weight excluding hydrogens is 472 g/mol. The van der Waals surface area contributed by atoms with Crippen molar-refractivity contribution < 1.29 is 33.3 Å². The van der Waals surface area contributed by atoms with Gasteiger partial charge in [-0.2, -0.15) is 4.99 Å². The van der Waals surface area contributed by atoms with E-state index in [0.717, 1.165) is 4.70 Å². The second-order valence-corrected chi connectivity index (χ2v) is 8.11. The average molecular weight is 503 g/mol. The van der Waals surface area contributed by atoms with Gasteiger partial charge in [0.15, 0.2) is 16.3 Å². The maximum Gasteiger partial charge on any atom is 0.326 e. The molecule has 0 bridgehead atoms. The number of carbonyl (C=O) groups excluding carboxylic acids is 2. The Bertz CT molecular complexity index is 1240. The lowest BCUT2D eigenvalue weighted by atomic mass is 10.1. The standard InChI is InChI=1S/C25H30N2O7S/c1-6-31-18-13-16(14-19(32-7-2)23(18)34-9-4)24(29)26-25-27(15-21(28)33-8-3)22-17(30-5)11-10-12-20(22)35-25/h10-14H,6-9,15H2,1-5H3. The maximum absolute atomic E-state index is 13.3. The molecule has 188 valence electrons. The Morgan fingerprint density at radius 3 is 2.14 bits per heavy atom. The molecule has 3 rings (SSSR count). The van der Waals surface area contributed by atoms with Crippen LogP contribution in [0.4, 0.5) is 0 Å². The van der Waals surface area contributed by atoms with Crippen molar-refractivity contribution in [3.8, 4) is 23.0 Å². The highest BCUT2D eigenvalue weighted by molar-refractivity contribution is 7.16. The number of nitrogens with zero attached hydrogens (tertiary/aromatic N) is 2. The molecule has 0 spiro atoms. The number of ether oxygens (including phenoxy) is 5. The van der Waals surface area contributed by atoms with E-state index in [1.165, 1.54) is 11.3 Å².